The maximum Gasteiger partial charge on any atom is 0.472 e. The average Bonchev–Trinajstić information content (AvgIpc) is 3.31. The monoisotopic (exact) mass is 1020 g/mol. The van der Waals surface area contributed by atoms with Crippen molar-refractivity contribution in [2.75, 3.05) is 26.4 Å². The normalized spacial score (nSPS) is 15.3. The van der Waals surface area contributed by atoms with Crippen LogP contribution in [0.15, 0.2) is 72.9 Å². The maximum atomic E-state index is 12.8. The number of rotatable bonds is 48. The predicted molar refractivity (Wildman–Crippen MR) is 277 cm³/mol. The molecule has 5 atom stereocenters. The van der Waals surface area contributed by atoms with Gasteiger partial charge >= 0.3 is 27.6 Å². The number of esters is 2. The standard InChI is InChI=1S/C53H94O14P2/c1-4-6-7-8-9-10-11-18-22-25-28-31-35-40-49(54)41-36-33-38-42-52(56)63-46-51(47-66-69(61,62)65-45-50(55)44-64-68(58,59)60)67-53(57)43-37-32-29-26-23-20-17-15-13-12-14-16-19-21-24-27-30-34-39-48(3)5-2/h6-7,9-10,18,22,28,31,33,35-36,40,48-51,54-55H,4-5,8,11-17,19-21,23-27,29-30,32,34,37-39,41-47H2,1-3H3,(H,61,62)(H2,58,59,60)/b7-6-,10-9-,22-18-,31-28-,36-33-,40-35-/t48?,49?,50-,51+/m0/s1. The third kappa shape index (κ3) is 50.3. The summed E-state index contributed by atoms with van der Waals surface area (Å²) < 4.78 is 47.9. The second-order valence-corrected chi connectivity index (χ2v) is 20.6. The summed E-state index contributed by atoms with van der Waals surface area (Å²) in [6.07, 6.45) is 49.2. The zero-order valence-corrected chi connectivity index (χ0v) is 44.5. The quantitative estimate of drug-likeness (QED) is 0.0126. The summed E-state index contributed by atoms with van der Waals surface area (Å²) >= 11 is 0. The number of aliphatic hydroxyl groups is 2. The molecule has 5 N–H and O–H groups in total. The molecule has 0 radical (unpaired) electrons. The second kappa shape index (κ2) is 46.6. The van der Waals surface area contributed by atoms with Crippen LogP contribution < -0.4 is 0 Å². The summed E-state index contributed by atoms with van der Waals surface area (Å²) in [6.45, 7) is 3.86. The highest BCUT2D eigenvalue weighted by Crippen LogP contribution is 2.44. The molecule has 69 heavy (non-hydrogen) atoms. The molecule has 16 heteroatoms. The smallest absolute Gasteiger partial charge is 0.462 e. The number of carbonyl (C=O) groups is 2. The van der Waals surface area contributed by atoms with Crippen LogP contribution in [-0.4, -0.2) is 81.6 Å². The van der Waals surface area contributed by atoms with Crippen LogP contribution in [0.2, 0.25) is 0 Å². The van der Waals surface area contributed by atoms with Crippen molar-refractivity contribution >= 4 is 27.6 Å². The zero-order valence-electron chi connectivity index (χ0n) is 42.7. The minimum Gasteiger partial charge on any atom is -0.462 e. The number of hydrogen-bond donors (Lipinski definition) is 5. The molecule has 0 fully saturated rings. The fraction of sp³-hybridized carbons (Fsp3) is 0.736. The van der Waals surface area contributed by atoms with Crippen molar-refractivity contribution < 1.29 is 66.7 Å². The number of unbranched alkanes of at least 4 members (excludes halogenated alkanes) is 17. The van der Waals surface area contributed by atoms with Gasteiger partial charge in [-0.15, -0.1) is 0 Å². The molecule has 0 spiro atoms. The van der Waals surface area contributed by atoms with Gasteiger partial charge in [0.15, 0.2) is 6.10 Å². The number of phosphoric ester groups is 2. The number of phosphoric acid groups is 2. The SMILES string of the molecule is CC/C=C\C/C=C\C/C=C\C/C=C\C=C/C(O)C/C=C\CCC(=O)OC[C@H](COP(=O)(O)OC[C@@H](O)COP(=O)(O)O)OC(=O)CCCCCCCCCCCCCCCCCCCCC(C)CC. The van der Waals surface area contributed by atoms with Crippen LogP contribution in [0.3, 0.4) is 0 Å². The molecule has 0 aliphatic heterocycles. The number of allylic oxidation sites excluding steroid dienone is 10. The number of aliphatic hydroxyl groups excluding tert-OH is 2. The Bertz CT molecular complexity index is 1520. The minimum absolute atomic E-state index is 0.0128. The van der Waals surface area contributed by atoms with E-state index in [9.17, 15) is 33.8 Å². The van der Waals surface area contributed by atoms with Gasteiger partial charge in [-0.25, -0.2) is 9.13 Å². The van der Waals surface area contributed by atoms with E-state index < -0.39 is 72.3 Å². The Morgan fingerprint density at radius 3 is 1.57 bits per heavy atom. The van der Waals surface area contributed by atoms with E-state index in [-0.39, 0.29) is 12.8 Å². The lowest BCUT2D eigenvalue weighted by Crippen LogP contribution is -2.29. The summed E-state index contributed by atoms with van der Waals surface area (Å²) in [4.78, 5) is 53.0. The molecule has 0 saturated heterocycles. The van der Waals surface area contributed by atoms with Crippen molar-refractivity contribution in [1.82, 2.24) is 0 Å². The first-order chi connectivity index (χ1) is 33.2. The summed E-state index contributed by atoms with van der Waals surface area (Å²) in [5, 5.41) is 20.0. The third-order valence-corrected chi connectivity index (χ3v) is 12.7. The van der Waals surface area contributed by atoms with E-state index in [1.807, 2.05) is 12.2 Å². The highest BCUT2D eigenvalue weighted by Gasteiger charge is 2.28. The average molecular weight is 1020 g/mol. The Hall–Kier alpha value is -2.48. The summed E-state index contributed by atoms with van der Waals surface area (Å²) in [7, 11) is -9.74. The van der Waals surface area contributed by atoms with Gasteiger partial charge in [0, 0.05) is 12.8 Å². The molecule has 0 aliphatic carbocycles. The highest BCUT2D eigenvalue weighted by atomic mass is 31.2. The topological polar surface area (TPSA) is 216 Å². The molecular formula is C53H94O14P2. The Labute approximate surface area is 417 Å². The molecule has 0 aliphatic rings. The van der Waals surface area contributed by atoms with Gasteiger partial charge < -0.3 is 34.4 Å². The molecule has 0 heterocycles. The van der Waals surface area contributed by atoms with Crippen molar-refractivity contribution in [3.05, 3.63) is 72.9 Å². The Morgan fingerprint density at radius 1 is 0.536 bits per heavy atom. The second-order valence-electron chi connectivity index (χ2n) is 17.9. The molecule has 0 rings (SSSR count). The van der Waals surface area contributed by atoms with Crippen LogP contribution in [0.25, 0.3) is 0 Å². The van der Waals surface area contributed by atoms with Crippen LogP contribution in [0.5, 0.6) is 0 Å². The van der Waals surface area contributed by atoms with E-state index in [0.717, 1.165) is 57.3 Å². The van der Waals surface area contributed by atoms with Gasteiger partial charge in [-0.2, -0.15) is 0 Å². The molecule has 14 nitrogen and oxygen atoms in total. The Morgan fingerprint density at radius 2 is 1.03 bits per heavy atom. The Balaban J connectivity index is 4.56. The lowest BCUT2D eigenvalue weighted by Gasteiger charge is -2.20. The van der Waals surface area contributed by atoms with Crippen LogP contribution >= 0.6 is 15.6 Å². The van der Waals surface area contributed by atoms with Gasteiger partial charge in [-0.05, 0) is 50.9 Å². The Kier molecular flexibility index (Phi) is 44.9. The third-order valence-electron chi connectivity index (χ3n) is 11.2. The number of hydrogen-bond acceptors (Lipinski definition) is 11. The lowest BCUT2D eigenvalue weighted by molar-refractivity contribution is -0.161. The molecule has 0 saturated carbocycles. The van der Waals surface area contributed by atoms with Crippen LogP contribution in [0, 0.1) is 5.92 Å². The van der Waals surface area contributed by atoms with Gasteiger partial charge in [0.25, 0.3) is 0 Å². The molecule has 3 unspecified atom stereocenters. The van der Waals surface area contributed by atoms with Gasteiger partial charge in [0.1, 0.15) is 12.7 Å². The fourth-order valence-electron chi connectivity index (χ4n) is 6.91. The summed E-state index contributed by atoms with van der Waals surface area (Å²) in [5.41, 5.74) is 0. The van der Waals surface area contributed by atoms with E-state index in [1.54, 1.807) is 24.3 Å². The molecule has 0 aromatic rings. The zero-order chi connectivity index (χ0) is 51.1. The lowest BCUT2D eigenvalue weighted by atomic mass is 9.99. The largest absolute Gasteiger partial charge is 0.472 e. The first-order valence-corrected chi connectivity index (χ1v) is 29.2. The molecule has 0 aromatic heterocycles. The van der Waals surface area contributed by atoms with E-state index >= 15 is 0 Å². The minimum atomic E-state index is -4.89. The fourth-order valence-corrected chi connectivity index (χ4v) is 8.06. The molecule has 400 valence electrons. The first kappa shape index (κ1) is 66.5. The first-order valence-electron chi connectivity index (χ1n) is 26.1. The van der Waals surface area contributed by atoms with Gasteiger partial charge in [-0.3, -0.25) is 23.2 Å². The van der Waals surface area contributed by atoms with E-state index in [0.29, 0.717) is 19.3 Å². The van der Waals surface area contributed by atoms with Crippen LogP contribution in [0.4, 0.5) is 0 Å². The van der Waals surface area contributed by atoms with Gasteiger partial charge in [-0.1, -0.05) is 216 Å². The van der Waals surface area contributed by atoms with Crippen molar-refractivity contribution in [2.45, 2.75) is 219 Å². The van der Waals surface area contributed by atoms with Crippen molar-refractivity contribution in [1.29, 1.82) is 0 Å². The molecule has 0 bridgehead atoms. The van der Waals surface area contributed by atoms with E-state index in [2.05, 4.69) is 61.8 Å². The molecular weight excluding hydrogens is 923 g/mol. The number of carbonyl (C=O) groups excluding carboxylic acids is 2. The van der Waals surface area contributed by atoms with Gasteiger partial charge in [0.2, 0.25) is 0 Å². The van der Waals surface area contributed by atoms with Crippen molar-refractivity contribution in [2.24, 2.45) is 5.92 Å². The van der Waals surface area contributed by atoms with Crippen molar-refractivity contribution in [3.8, 4) is 0 Å². The van der Waals surface area contributed by atoms with Crippen LogP contribution in [0.1, 0.15) is 201 Å². The molecule has 0 amide bonds. The van der Waals surface area contributed by atoms with Gasteiger partial charge in [0.05, 0.1) is 25.9 Å². The number of ether oxygens (including phenoxy) is 2. The highest BCUT2D eigenvalue weighted by molar-refractivity contribution is 7.47. The predicted octanol–water partition coefficient (Wildman–Crippen LogP) is 13.3. The molecule has 0 aromatic carbocycles. The summed E-state index contributed by atoms with van der Waals surface area (Å²) in [6, 6.07) is 0. The van der Waals surface area contributed by atoms with E-state index in [4.69, 9.17) is 28.3 Å². The maximum absolute atomic E-state index is 12.8. The van der Waals surface area contributed by atoms with E-state index in [1.165, 1.54) is 96.3 Å². The van der Waals surface area contributed by atoms with Crippen molar-refractivity contribution in [3.63, 3.8) is 0 Å². The summed E-state index contributed by atoms with van der Waals surface area (Å²) in [5.74, 6) is -0.334. The van der Waals surface area contributed by atoms with Crippen LogP contribution in [-0.2, 0) is 41.8 Å².